The van der Waals surface area contributed by atoms with Crippen molar-refractivity contribution in [2.24, 2.45) is 0 Å². The molecule has 4 aromatic carbocycles. The Labute approximate surface area is 187 Å². The van der Waals surface area contributed by atoms with E-state index in [0.717, 1.165) is 52.6 Å². The molecule has 0 radical (unpaired) electrons. The van der Waals surface area contributed by atoms with E-state index in [1.54, 1.807) is 18.2 Å². The Morgan fingerprint density at radius 3 is 1.72 bits per heavy atom. The van der Waals surface area contributed by atoms with Crippen molar-refractivity contribution in [1.29, 1.82) is 0 Å². The number of rotatable bonds is 0. The highest BCUT2D eigenvalue weighted by Gasteiger charge is 2.14. The fourth-order valence-corrected chi connectivity index (χ4v) is 4.30. The zero-order valence-corrected chi connectivity index (χ0v) is 17.6. The zero-order valence-electron chi connectivity index (χ0n) is 17.6. The van der Waals surface area contributed by atoms with E-state index in [-0.39, 0.29) is 17.2 Å². The Morgan fingerprint density at radius 1 is 0.531 bits per heavy atom. The first-order valence-electron chi connectivity index (χ1n) is 10.8. The summed E-state index contributed by atoms with van der Waals surface area (Å²) < 4.78 is 5.94. The minimum atomic E-state index is 0.103. The zero-order chi connectivity index (χ0) is 22.1. The molecule has 0 spiro atoms. The van der Waals surface area contributed by atoms with Gasteiger partial charge in [0.05, 0.1) is 0 Å². The van der Waals surface area contributed by atoms with Gasteiger partial charge < -0.3 is 20.1 Å². The first-order chi connectivity index (χ1) is 15.5. The molecule has 0 fully saturated rings. The van der Waals surface area contributed by atoms with E-state index in [1.165, 1.54) is 0 Å². The number of hydrogen-bond donors (Lipinski definition) is 3. The number of hydrogen-bond acceptors (Lipinski definition) is 4. The minimum Gasteiger partial charge on any atom is -0.508 e. The van der Waals surface area contributed by atoms with Crippen molar-refractivity contribution in [3.63, 3.8) is 0 Å². The van der Waals surface area contributed by atoms with Crippen LogP contribution in [0, 0.1) is 0 Å². The molecule has 2 aliphatic heterocycles. The maximum absolute atomic E-state index is 10.3. The van der Waals surface area contributed by atoms with Gasteiger partial charge >= 0.3 is 0 Å². The van der Waals surface area contributed by atoms with Gasteiger partial charge in [-0.15, -0.1) is 0 Å². The molecule has 2 aliphatic rings. The summed E-state index contributed by atoms with van der Waals surface area (Å²) >= 11 is 0. The van der Waals surface area contributed by atoms with Crippen LogP contribution in [0.15, 0.2) is 78.9 Å². The summed E-state index contributed by atoms with van der Waals surface area (Å²) in [5.41, 5.74) is 6.40. The molecule has 3 N–H and O–H groups in total. The molecule has 0 saturated carbocycles. The van der Waals surface area contributed by atoms with Crippen LogP contribution in [-0.4, -0.2) is 15.3 Å². The highest BCUT2D eigenvalue weighted by atomic mass is 16.5. The molecule has 0 amide bonds. The first kappa shape index (κ1) is 20.0. The van der Waals surface area contributed by atoms with Crippen molar-refractivity contribution in [3.05, 3.63) is 101 Å². The number of phenolic OH excluding ortho intramolecular Hbond substituents is 3. The molecule has 4 heteroatoms. The van der Waals surface area contributed by atoms with Gasteiger partial charge in [0.25, 0.3) is 0 Å². The van der Waals surface area contributed by atoms with E-state index >= 15 is 0 Å². The lowest BCUT2D eigenvalue weighted by Crippen LogP contribution is -2.00. The van der Waals surface area contributed by atoms with Crippen molar-refractivity contribution in [1.82, 2.24) is 0 Å². The average Bonchev–Trinajstić information content (AvgIpc) is 2.79. The van der Waals surface area contributed by atoms with Crippen LogP contribution in [0.25, 0.3) is 11.1 Å². The van der Waals surface area contributed by atoms with Crippen LogP contribution < -0.4 is 4.74 Å². The summed E-state index contributed by atoms with van der Waals surface area (Å²) in [6.45, 7) is 0. The van der Waals surface area contributed by atoms with Crippen molar-refractivity contribution < 1.29 is 20.1 Å². The molecule has 4 bridgehead atoms. The molecule has 0 aliphatic carbocycles. The van der Waals surface area contributed by atoms with Crippen molar-refractivity contribution in [2.75, 3.05) is 0 Å². The van der Waals surface area contributed by atoms with Gasteiger partial charge in [-0.05, 0) is 108 Å². The van der Waals surface area contributed by atoms with E-state index in [1.807, 2.05) is 60.7 Å². The molecule has 0 aromatic heterocycles. The van der Waals surface area contributed by atoms with Gasteiger partial charge in [-0.3, -0.25) is 0 Å². The molecule has 0 saturated heterocycles. The number of phenols is 3. The van der Waals surface area contributed by atoms with Crippen LogP contribution in [0.1, 0.15) is 22.3 Å². The molecule has 32 heavy (non-hydrogen) atoms. The lowest BCUT2D eigenvalue weighted by Gasteiger charge is -2.16. The topological polar surface area (TPSA) is 69.9 Å². The van der Waals surface area contributed by atoms with Crippen molar-refractivity contribution >= 4 is 0 Å². The maximum Gasteiger partial charge on any atom is 0.169 e. The van der Waals surface area contributed by atoms with Crippen molar-refractivity contribution in [2.45, 2.75) is 25.7 Å². The van der Waals surface area contributed by atoms with Gasteiger partial charge in [-0.25, -0.2) is 0 Å². The van der Waals surface area contributed by atoms with Crippen LogP contribution in [0.5, 0.6) is 28.7 Å². The second-order valence-corrected chi connectivity index (χ2v) is 8.23. The third-order valence-corrected chi connectivity index (χ3v) is 6.01. The number of ether oxygens (including phenoxy) is 1. The fourth-order valence-electron chi connectivity index (χ4n) is 4.30. The number of aryl methyl sites for hydroxylation is 4. The molecule has 160 valence electrons. The van der Waals surface area contributed by atoms with E-state index in [9.17, 15) is 15.3 Å². The fraction of sp³-hybridized carbons (Fsp3) is 0.143. The summed E-state index contributed by atoms with van der Waals surface area (Å²) in [7, 11) is 0. The average molecular weight is 424 g/mol. The first-order valence-corrected chi connectivity index (χ1v) is 10.8. The van der Waals surface area contributed by atoms with Crippen LogP contribution >= 0.6 is 0 Å². The van der Waals surface area contributed by atoms with Crippen molar-refractivity contribution in [3.8, 4) is 39.9 Å². The number of aromatic hydroxyl groups is 3. The molecular formula is C28H24O4. The van der Waals surface area contributed by atoms with E-state index in [4.69, 9.17) is 4.74 Å². The summed E-state index contributed by atoms with van der Waals surface area (Å²) in [5.74, 6) is 1.68. The highest BCUT2D eigenvalue weighted by molar-refractivity contribution is 5.72. The van der Waals surface area contributed by atoms with Crippen LogP contribution in [0.3, 0.4) is 0 Å². The van der Waals surface area contributed by atoms with Gasteiger partial charge in [0.2, 0.25) is 0 Å². The van der Waals surface area contributed by atoms with E-state index in [2.05, 4.69) is 0 Å². The third-order valence-electron chi connectivity index (χ3n) is 6.01. The molecule has 2 heterocycles. The summed E-state index contributed by atoms with van der Waals surface area (Å²) in [4.78, 5) is 0. The Morgan fingerprint density at radius 2 is 1.09 bits per heavy atom. The van der Waals surface area contributed by atoms with Gasteiger partial charge in [-0.2, -0.15) is 0 Å². The predicted molar refractivity (Wildman–Crippen MR) is 125 cm³/mol. The second-order valence-electron chi connectivity index (χ2n) is 8.23. The predicted octanol–water partition coefficient (Wildman–Crippen LogP) is 6.15. The Kier molecular flexibility index (Phi) is 5.20. The minimum absolute atomic E-state index is 0.103. The molecule has 0 unspecified atom stereocenters. The largest absolute Gasteiger partial charge is 0.508 e. The van der Waals surface area contributed by atoms with Crippen LogP contribution in [-0.2, 0) is 25.7 Å². The molecule has 6 rings (SSSR count). The van der Waals surface area contributed by atoms with Gasteiger partial charge in [0.1, 0.15) is 17.2 Å². The Bertz CT molecular complexity index is 1280. The van der Waals surface area contributed by atoms with Gasteiger partial charge in [-0.1, -0.05) is 30.3 Å². The molecule has 4 aromatic rings. The molecule has 0 atom stereocenters. The normalized spacial score (nSPS) is 13.1. The standard InChI is InChI=1S/C28H24O4/c29-22-8-12-25-20(16-22)6-1-18-3-10-24(11-4-18)32-28-15-19(5-14-27(28)31)2-7-21-17-23(30)9-13-26(21)25/h3-5,8-17,29-31H,1-2,6-7H2. The quantitative estimate of drug-likeness (QED) is 0.317. The lowest BCUT2D eigenvalue weighted by molar-refractivity contribution is 0.410. The van der Waals surface area contributed by atoms with Crippen LogP contribution in [0.4, 0.5) is 0 Å². The summed E-state index contributed by atoms with van der Waals surface area (Å²) in [6, 6.07) is 24.3. The lowest BCUT2D eigenvalue weighted by atomic mass is 9.90. The van der Waals surface area contributed by atoms with Gasteiger partial charge in [0.15, 0.2) is 11.5 Å². The number of benzene rings is 4. The second kappa shape index (κ2) is 8.31. The third kappa shape index (κ3) is 4.12. The number of fused-ring (bicyclic) bond motifs is 4. The Balaban J connectivity index is 1.64. The Hall–Kier alpha value is -3.92. The van der Waals surface area contributed by atoms with E-state index in [0.29, 0.717) is 17.9 Å². The molecular weight excluding hydrogens is 400 g/mol. The molecule has 4 nitrogen and oxygen atoms in total. The van der Waals surface area contributed by atoms with Gasteiger partial charge in [0, 0.05) is 0 Å². The smallest absolute Gasteiger partial charge is 0.169 e. The SMILES string of the molecule is Oc1ccc2c(c1)CCc1ccc(cc1)Oc1cc(ccc1O)CCc1cc(O)ccc1-2. The summed E-state index contributed by atoms with van der Waals surface area (Å²) in [5, 5.41) is 30.6. The maximum atomic E-state index is 10.3. The monoisotopic (exact) mass is 424 g/mol. The van der Waals surface area contributed by atoms with E-state index < -0.39 is 0 Å². The highest BCUT2D eigenvalue weighted by Crippen LogP contribution is 2.35. The summed E-state index contributed by atoms with van der Waals surface area (Å²) in [6.07, 6.45) is 3.01. The van der Waals surface area contributed by atoms with Crippen LogP contribution in [0.2, 0.25) is 0 Å².